The van der Waals surface area contributed by atoms with E-state index in [0.717, 1.165) is 18.7 Å². The summed E-state index contributed by atoms with van der Waals surface area (Å²) in [7, 11) is 0. The summed E-state index contributed by atoms with van der Waals surface area (Å²) >= 11 is 0. The van der Waals surface area contributed by atoms with Gasteiger partial charge in [0.15, 0.2) is 0 Å². The molecule has 3 nitrogen and oxygen atoms in total. The molecular formula is C13H20N2O. The Morgan fingerprint density at radius 2 is 2.12 bits per heavy atom. The standard InChI is InChI=1S/C13H20N2O/c1-13(2,3)10-5-4-6-11(14-10)15-12(16)9-7-8-9/h4-6,9-10,14H,7-8H2,1-3H3,(H,15,16). The zero-order valence-corrected chi connectivity index (χ0v) is 10.2. The zero-order chi connectivity index (χ0) is 11.8. The number of carbonyl (C=O) groups is 1. The van der Waals surface area contributed by atoms with Crippen LogP contribution in [0.15, 0.2) is 24.0 Å². The molecule has 88 valence electrons. The van der Waals surface area contributed by atoms with E-state index in [1.54, 1.807) is 0 Å². The molecule has 0 saturated heterocycles. The van der Waals surface area contributed by atoms with E-state index in [2.05, 4.69) is 37.5 Å². The molecule has 3 heteroatoms. The van der Waals surface area contributed by atoms with Gasteiger partial charge in [0, 0.05) is 5.92 Å². The van der Waals surface area contributed by atoms with Gasteiger partial charge < -0.3 is 10.6 Å². The van der Waals surface area contributed by atoms with Crippen molar-refractivity contribution in [3.8, 4) is 0 Å². The van der Waals surface area contributed by atoms with Crippen LogP contribution in [0, 0.1) is 11.3 Å². The number of hydrogen-bond donors (Lipinski definition) is 2. The van der Waals surface area contributed by atoms with Crippen molar-refractivity contribution in [2.75, 3.05) is 0 Å². The van der Waals surface area contributed by atoms with Crippen molar-refractivity contribution >= 4 is 5.91 Å². The molecule has 2 rings (SSSR count). The van der Waals surface area contributed by atoms with E-state index in [9.17, 15) is 4.79 Å². The fraction of sp³-hybridized carbons (Fsp3) is 0.615. The lowest BCUT2D eigenvalue weighted by Crippen LogP contribution is -2.44. The van der Waals surface area contributed by atoms with E-state index in [-0.39, 0.29) is 23.3 Å². The van der Waals surface area contributed by atoms with Crippen molar-refractivity contribution in [3.63, 3.8) is 0 Å². The number of hydrogen-bond acceptors (Lipinski definition) is 2. The van der Waals surface area contributed by atoms with Crippen molar-refractivity contribution in [2.45, 2.75) is 39.7 Å². The number of carbonyl (C=O) groups excluding carboxylic acids is 1. The fourth-order valence-corrected chi connectivity index (χ4v) is 1.69. The van der Waals surface area contributed by atoms with Gasteiger partial charge >= 0.3 is 0 Å². The Morgan fingerprint density at radius 3 is 2.69 bits per heavy atom. The first-order valence-corrected chi connectivity index (χ1v) is 5.93. The summed E-state index contributed by atoms with van der Waals surface area (Å²) in [5, 5.41) is 6.29. The second-order valence-electron chi connectivity index (χ2n) is 5.72. The van der Waals surface area contributed by atoms with E-state index in [1.165, 1.54) is 0 Å². The molecule has 1 saturated carbocycles. The summed E-state index contributed by atoms with van der Waals surface area (Å²) in [6.45, 7) is 6.54. The van der Waals surface area contributed by atoms with E-state index < -0.39 is 0 Å². The average Bonchev–Trinajstić information content (AvgIpc) is 2.99. The van der Waals surface area contributed by atoms with Crippen molar-refractivity contribution < 1.29 is 4.79 Å². The largest absolute Gasteiger partial charge is 0.365 e. The predicted molar refractivity (Wildman–Crippen MR) is 64.5 cm³/mol. The Bertz CT molecular complexity index is 345. The maximum atomic E-state index is 11.6. The molecule has 1 aliphatic carbocycles. The van der Waals surface area contributed by atoms with Crippen molar-refractivity contribution in [2.24, 2.45) is 11.3 Å². The summed E-state index contributed by atoms with van der Waals surface area (Å²) < 4.78 is 0. The van der Waals surface area contributed by atoms with Crippen LogP contribution in [0.1, 0.15) is 33.6 Å². The molecule has 0 radical (unpaired) electrons. The minimum atomic E-state index is 0.153. The number of nitrogens with one attached hydrogen (secondary N) is 2. The molecule has 0 aromatic carbocycles. The maximum absolute atomic E-state index is 11.6. The van der Waals surface area contributed by atoms with Crippen LogP contribution in [0.3, 0.4) is 0 Å². The molecule has 2 N–H and O–H groups in total. The number of rotatable bonds is 2. The average molecular weight is 220 g/mol. The highest BCUT2D eigenvalue weighted by molar-refractivity contribution is 5.82. The molecule has 16 heavy (non-hydrogen) atoms. The smallest absolute Gasteiger partial charge is 0.228 e. The highest BCUT2D eigenvalue weighted by Crippen LogP contribution is 2.29. The second-order valence-corrected chi connectivity index (χ2v) is 5.72. The maximum Gasteiger partial charge on any atom is 0.228 e. The minimum absolute atomic E-state index is 0.153. The summed E-state index contributed by atoms with van der Waals surface area (Å²) in [5.41, 5.74) is 0.153. The van der Waals surface area contributed by atoms with Gasteiger partial charge in [-0.1, -0.05) is 32.9 Å². The minimum Gasteiger partial charge on any atom is -0.365 e. The third kappa shape index (κ3) is 2.65. The van der Waals surface area contributed by atoms with Crippen LogP contribution in [0.4, 0.5) is 0 Å². The van der Waals surface area contributed by atoms with Gasteiger partial charge in [-0.2, -0.15) is 0 Å². The predicted octanol–water partition coefficient (Wildman–Crippen LogP) is 1.93. The van der Waals surface area contributed by atoms with Crippen LogP contribution in [0.5, 0.6) is 0 Å². The molecule has 1 heterocycles. The lowest BCUT2D eigenvalue weighted by molar-refractivity contribution is -0.121. The van der Waals surface area contributed by atoms with Gasteiger partial charge in [0.2, 0.25) is 5.91 Å². The lowest BCUT2D eigenvalue weighted by atomic mass is 9.86. The molecule has 1 unspecified atom stereocenters. The quantitative estimate of drug-likeness (QED) is 0.746. The second kappa shape index (κ2) is 3.96. The molecule has 1 amide bonds. The highest BCUT2D eigenvalue weighted by atomic mass is 16.2. The number of amides is 1. The molecule has 0 spiro atoms. The summed E-state index contributed by atoms with van der Waals surface area (Å²) in [4.78, 5) is 11.6. The third-order valence-corrected chi connectivity index (χ3v) is 3.02. The van der Waals surface area contributed by atoms with Crippen molar-refractivity contribution in [3.05, 3.63) is 24.0 Å². The summed E-state index contributed by atoms with van der Waals surface area (Å²) in [6, 6.07) is 0.270. The van der Waals surface area contributed by atoms with E-state index in [1.807, 2.05) is 12.2 Å². The van der Waals surface area contributed by atoms with E-state index in [4.69, 9.17) is 0 Å². The normalized spacial score (nSPS) is 24.7. The fourth-order valence-electron chi connectivity index (χ4n) is 1.69. The van der Waals surface area contributed by atoms with Gasteiger partial charge in [-0.25, -0.2) is 0 Å². The highest BCUT2D eigenvalue weighted by Gasteiger charge is 2.31. The SMILES string of the molecule is CC(C)(C)C1C=CC=C(NC(=O)C2CC2)N1. The number of allylic oxidation sites excluding steroid dienone is 2. The zero-order valence-electron chi connectivity index (χ0n) is 10.2. The van der Waals surface area contributed by atoms with Gasteiger partial charge in [-0.3, -0.25) is 4.79 Å². The van der Waals surface area contributed by atoms with Crippen LogP contribution >= 0.6 is 0 Å². The Hall–Kier alpha value is -1.25. The first kappa shape index (κ1) is 11.2. The van der Waals surface area contributed by atoms with Crippen molar-refractivity contribution in [1.29, 1.82) is 0 Å². The molecule has 0 aromatic heterocycles. The van der Waals surface area contributed by atoms with Crippen LogP contribution in [0.25, 0.3) is 0 Å². The van der Waals surface area contributed by atoms with Crippen LogP contribution in [0.2, 0.25) is 0 Å². The molecule has 1 aliphatic heterocycles. The van der Waals surface area contributed by atoms with Gasteiger partial charge in [-0.05, 0) is 24.3 Å². The first-order chi connectivity index (χ1) is 7.47. The lowest BCUT2D eigenvalue weighted by Gasteiger charge is -2.32. The molecule has 1 fully saturated rings. The first-order valence-electron chi connectivity index (χ1n) is 5.93. The molecule has 2 aliphatic rings. The van der Waals surface area contributed by atoms with Gasteiger partial charge in [0.1, 0.15) is 5.82 Å². The molecule has 0 aromatic rings. The van der Waals surface area contributed by atoms with Gasteiger partial charge in [0.05, 0.1) is 6.04 Å². The van der Waals surface area contributed by atoms with Crippen LogP contribution in [-0.4, -0.2) is 11.9 Å². The topological polar surface area (TPSA) is 41.1 Å². The van der Waals surface area contributed by atoms with E-state index >= 15 is 0 Å². The Balaban J connectivity index is 1.94. The molecular weight excluding hydrogens is 200 g/mol. The Morgan fingerprint density at radius 1 is 1.44 bits per heavy atom. The summed E-state index contributed by atoms with van der Waals surface area (Å²) in [6.07, 6.45) is 8.14. The monoisotopic (exact) mass is 220 g/mol. The third-order valence-electron chi connectivity index (χ3n) is 3.02. The van der Waals surface area contributed by atoms with Crippen LogP contribution in [-0.2, 0) is 4.79 Å². The van der Waals surface area contributed by atoms with Crippen LogP contribution < -0.4 is 10.6 Å². The van der Waals surface area contributed by atoms with Gasteiger partial charge in [0.25, 0.3) is 0 Å². The van der Waals surface area contributed by atoms with E-state index in [0.29, 0.717) is 0 Å². The van der Waals surface area contributed by atoms with Crippen molar-refractivity contribution in [1.82, 2.24) is 10.6 Å². The Kier molecular flexibility index (Phi) is 2.78. The Labute approximate surface area is 97.0 Å². The molecule has 1 atom stereocenters. The number of dihydropyridines is 1. The van der Waals surface area contributed by atoms with Gasteiger partial charge in [-0.15, -0.1) is 0 Å². The summed E-state index contributed by atoms with van der Waals surface area (Å²) in [5.74, 6) is 1.24. The molecule has 0 bridgehead atoms.